The first-order valence-electron chi connectivity index (χ1n) is 12.0. The SMILES string of the molecule is Cc1ccc(C(=O)NCCCc2nc3ccccc3n2CCCOc2ccc(C)cc2C)cc1. The monoisotopic (exact) mass is 455 g/mol. The molecule has 1 amide bonds. The Balaban J connectivity index is 1.33. The Morgan fingerprint density at radius 1 is 0.941 bits per heavy atom. The molecule has 0 aliphatic heterocycles. The molecular weight excluding hydrogens is 422 g/mol. The Morgan fingerprint density at radius 3 is 2.50 bits per heavy atom. The van der Waals surface area contributed by atoms with Crippen molar-refractivity contribution in [2.24, 2.45) is 0 Å². The maximum Gasteiger partial charge on any atom is 0.251 e. The van der Waals surface area contributed by atoms with Crippen molar-refractivity contribution < 1.29 is 9.53 Å². The maximum atomic E-state index is 12.4. The van der Waals surface area contributed by atoms with Crippen molar-refractivity contribution in [3.8, 4) is 5.75 Å². The standard InChI is InChI=1S/C29H33N3O2/c1-21-11-14-24(15-12-21)29(33)30-17-6-10-28-31-25-8-4-5-9-26(25)32(28)18-7-19-34-27-16-13-22(2)20-23(27)3/h4-5,8-9,11-16,20H,6-7,10,17-19H2,1-3H3,(H,30,33). The van der Waals surface area contributed by atoms with E-state index in [9.17, 15) is 4.79 Å². The fourth-order valence-electron chi connectivity index (χ4n) is 4.19. The highest BCUT2D eigenvalue weighted by Crippen LogP contribution is 2.20. The van der Waals surface area contributed by atoms with E-state index in [4.69, 9.17) is 9.72 Å². The molecule has 0 bridgehead atoms. The predicted molar refractivity (Wildman–Crippen MR) is 138 cm³/mol. The van der Waals surface area contributed by atoms with Gasteiger partial charge in [-0.05, 0) is 69.5 Å². The van der Waals surface area contributed by atoms with Crippen LogP contribution in [0.5, 0.6) is 5.75 Å². The van der Waals surface area contributed by atoms with Gasteiger partial charge in [0, 0.05) is 25.1 Å². The molecule has 4 aromatic rings. The van der Waals surface area contributed by atoms with Crippen molar-refractivity contribution >= 4 is 16.9 Å². The van der Waals surface area contributed by atoms with Crippen LogP contribution in [0.25, 0.3) is 11.0 Å². The fourth-order valence-corrected chi connectivity index (χ4v) is 4.19. The minimum atomic E-state index is -0.0305. The van der Waals surface area contributed by atoms with Crippen LogP contribution in [0.2, 0.25) is 0 Å². The lowest BCUT2D eigenvalue weighted by atomic mass is 10.1. The normalized spacial score (nSPS) is 11.0. The zero-order chi connectivity index (χ0) is 23.9. The van der Waals surface area contributed by atoms with Gasteiger partial charge in [0.1, 0.15) is 11.6 Å². The number of fused-ring (bicyclic) bond motifs is 1. The summed E-state index contributed by atoms with van der Waals surface area (Å²) in [4.78, 5) is 17.2. The Bertz CT molecular complexity index is 1260. The Hall–Kier alpha value is -3.60. The molecule has 34 heavy (non-hydrogen) atoms. The van der Waals surface area contributed by atoms with Crippen molar-refractivity contribution in [2.75, 3.05) is 13.2 Å². The van der Waals surface area contributed by atoms with Crippen LogP contribution in [0.3, 0.4) is 0 Å². The van der Waals surface area contributed by atoms with Crippen molar-refractivity contribution in [1.29, 1.82) is 0 Å². The second kappa shape index (κ2) is 11.0. The third-order valence-electron chi connectivity index (χ3n) is 6.02. The van der Waals surface area contributed by atoms with Crippen LogP contribution in [0.4, 0.5) is 0 Å². The minimum Gasteiger partial charge on any atom is -0.493 e. The van der Waals surface area contributed by atoms with E-state index in [2.05, 4.69) is 54.1 Å². The first kappa shape index (κ1) is 23.6. The molecule has 1 heterocycles. The Labute approximate surface area is 201 Å². The van der Waals surface area contributed by atoms with Crippen LogP contribution in [0.1, 0.15) is 45.7 Å². The molecule has 0 radical (unpaired) electrons. The lowest BCUT2D eigenvalue weighted by molar-refractivity contribution is 0.0953. The number of benzene rings is 3. The first-order chi connectivity index (χ1) is 16.5. The van der Waals surface area contributed by atoms with E-state index in [0.717, 1.165) is 54.0 Å². The third kappa shape index (κ3) is 5.84. The molecular formula is C29H33N3O2. The van der Waals surface area contributed by atoms with E-state index < -0.39 is 0 Å². The van der Waals surface area contributed by atoms with Gasteiger partial charge in [0.2, 0.25) is 0 Å². The molecule has 1 N–H and O–H groups in total. The lowest BCUT2D eigenvalue weighted by Crippen LogP contribution is -2.25. The number of nitrogens with zero attached hydrogens (tertiary/aromatic N) is 2. The first-order valence-corrected chi connectivity index (χ1v) is 12.0. The number of nitrogens with one attached hydrogen (secondary N) is 1. The second-order valence-electron chi connectivity index (χ2n) is 8.86. The molecule has 5 nitrogen and oxygen atoms in total. The fraction of sp³-hybridized carbons (Fsp3) is 0.310. The Morgan fingerprint density at radius 2 is 1.71 bits per heavy atom. The van der Waals surface area contributed by atoms with Gasteiger partial charge in [-0.25, -0.2) is 4.98 Å². The summed E-state index contributed by atoms with van der Waals surface area (Å²) in [5.41, 5.74) is 6.41. The summed E-state index contributed by atoms with van der Waals surface area (Å²) >= 11 is 0. The highest BCUT2D eigenvalue weighted by molar-refractivity contribution is 5.94. The molecule has 0 saturated heterocycles. The summed E-state index contributed by atoms with van der Waals surface area (Å²) in [6.45, 7) is 8.31. The van der Waals surface area contributed by atoms with E-state index in [1.807, 2.05) is 43.3 Å². The molecule has 4 rings (SSSR count). The summed E-state index contributed by atoms with van der Waals surface area (Å²) in [5.74, 6) is 1.97. The zero-order valence-corrected chi connectivity index (χ0v) is 20.3. The minimum absolute atomic E-state index is 0.0305. The predicted octanol–water partition coefficient (Wildman–Crippen LogP) is 5.79. The highest BCUT2D eigenvalue weighted by atomic mass is 16.5. The maximum absolute atomic E-state index is 12.4. The van der Waals surface area contributed by atoms with Gasteiger partial charge in [0.25, 0.3) is 5.91 Å². The average molecular weight is 456 g/mol. The van der Waals surface area contributed by atoms with Gasteiger partial charge in [0.05, 0.1) is 17.6 Å². The molecule has 0 unspecified atom stereocenters. The van der Waals surface area contributed by atoms with Crippen molar-refractivity contribution in [2.45, 2.75) is 46.6 Å². The largest absolute Gasteiger partial charge is 0.493 e. The van der Waals surface area contributed by atoms with Gasteiger partial charge >= 0.3 is 0 Å². The van der Waals surface area contributed by atoms with E-state index in [1.165, 1.54) is 11.1 Å². The molecule has 0 aliphatic rings. The number of hydrogen-bond acceptors (Lipinski definition) is 3. The quantitative estimate of drug-likeness (QED) is 0.308. The summed E-state index contributed by atoms with van der Waals surface area (Å²) < 4.78 is 8.33. The Kier molecular flexibility index (Phi) is 7.63. The van der Waals surface area contributed by atoms with E-state index in [0.29, 0.717) is 18.7 Å². The van der Waals surface area contributed by atoms with Gasteiger partial charge in [-0.2, -0.15) is 0 Å². The topological polar surface area (TPSA) is 56.2 Å². The number of carbonyl (C=O) groups is 1. The number of para-hydroxylation sites is 2. The van der Waals surface area contributed by atoms with Crippen LogP contribution in [0.15, 0.2) is 66.7 Å². The van der Waals surface area contributed by atoms with Crippen molar-refractivity contribution in [3.05, 3.63) is 94.8 Å². The molecule has 0 fully saturated rings. The van der Waals surface area contributed by atoms with Crippen LogP contribution in [-0.2, 0) is 13.0 Å². The summed E-state index contributed by atoms with van der Waals surface area (Å²) in [7, 11) is 0. The van der Waals surface area contributed by atoms with Crippen molar-refractivity contribution in [1.82, 2.24) is 14.9 Å². The smallest absolute Gasteiger partial charge is 0.251 e. The number of ether oxygens (including phenoxy) is 1. The van der Waals surface area contributed by atoms with Crippen LogP contribution in [0, 0.1) is 20.8 Å². The molecule has 5 heteroatoms. The molecule has 0 saturated carbocycles. The van der Waals surface area contributed by atoms with Crippen molar-refractivity contribution in [3.63, 3.8) is 0 Å². The van der Waals surface area contributed by atoms with Crippen LogP contribution >= 0.6 is 0 Å². The molecule has 0 atom stereocenters. The number of imidazole rings is 1. The van der Waals surface area contributed by atoms with Gasteiger partial charge < -0.3 is 14.6 Å². The number of aryl methyl sites for hydroxylation is 5. The molecule has 0 spiro atoms. The van der Waals surface area contributed by atoms with Crippen LogP contribution in [-0.4, -0.2) is 28.6 Å². The van der Waals surface area contributed by atoms with Crippen LogP contribution < -0.4 is 10.1 Å². The van der Waals surface area contributed by atoms with E-state index in [-0.39, 0.29) is 5.91 Å². The number of amides is 1. The number of carbonyl (C=O) groups excluding carboxylic acids is 1. The highest BCUT2D eigenvalue weighted by Gasteiger charge is 2.11. The van der Waals surface area contributed by atoms with E-state index >= 15 is 0 Å². The summed E-state index contributed by atoms with van der Waals surface area (Å²) in [5, 5.41) is 3.03. The number of hydrogen-bond donors (Lipinski definition) is 1. The third-order valence-corrected chi connectivity index (χ3v) is 6.02. The number of aromatic nitrogens is 2. The molecule has 3 aromatic carbocycles. The van der Waals surface area contributed by atoms with E-state index in [1.54, 1.807) is 0 Å². The average Bonchev–Trinajstić information content (AvgIpc) is 3.18. The molecule has 1 aromatic heterocycles. The van der Waals surface area contributed by atoms with Gasteiger partial charge in [-0.1, -0.05) is 47.5 Å². The van der Waals surface area contributed by atoms with Gasteiger partial charge in [-0.3, -0.25) is 4.79 Å². The summed E-state index contributed by atoms with van der Waals surface area (Å²) in [6, 6.07) is 22.2. The number of rotatable bonds is 10. The van der Waals surface area contributed by atoms with Gasteiger partial charge in [-0.15, -0.1) is 0 Å². The van der Waals surface area contributed by atoms with Gasteiger partial charge in [0.15, 0.2) is 0 Å². The second-order valence-corrected chi connectivity index (χ2v) is 8.86. The molecule has 0 aliphatic carbocycles. The lowest BCUT2D eigenvalue weighted by Gasteiger charge is -2.12. The zero-order valence-electron chi connectivity index (χ0n) is 20.3. The molecule has 176 valence electrons. The summed E-state index contributed by atoms with van der Waals surface area (Å²) in [6.07, 6.45) is 2.53.